The number of hydrogen-bond donors (Lipinski definition) is 0. The van der Waals surface area contributed by atoms with Gasteiger partial charge in [-0.1, -0.05) is 249 Å². The van der Waals surface area contributed by atoms with Crippen LogP contribution in [0.1, 0.15) is 0 Å². The maximum atomic E-state index is 2.50. The Balaban J connectivity index is 1.03. The van der Waals surface area contributed by atoms with Gasteiger partial charge in [0, 0.05) is 0 Å². The first-order valence-corrected chi connectivity index (χ1v) is 24.3. The highest BCUT2D eigenvalue weighted by atomic mass is 14.3. The first kappa shape index (κ1) is 40.0. The molecule has 0 aliphatic rings. The summed E-state index contributed by atoms with van der Waals surface area (Å²) in [6.07, 6.45) is 0. The van der Waals surface area contributed by atoms with Gasteiger partial charge in [-0.05, 0) is 160 Å². The van der Waals surface area contributed by atoms with E-state index in [1.54, 1.807) is 0 Å². The third kappa shape index (κ3) is 6.31. The zero-order chi connectivity index (χ0) is 46.1. The van der Waals surface area contributed by atoms with Gasteiger partial charge in [0.15, 0.2) is 0 Å². The van der Waals surface area contributed by atoms with Gasteiger partial charge in [0.2, 0.25) is 0 Å². The molecule has 324 valence electrons. The Kier molecular flexibility index (Phi) is 9.32. The van der Waals surface area contributed by atoms with Crippen molar-refractivity contribution in [3.63, 3.8) is 0 Å². The van der Waals surface area contributed by atoms with Crippen LogP contribution in [0.15, 0.2) is 267 Å². The molecule has 0 radical (unpaired) electrons. The average molecular weight is 885 g/mol. The molecular formula is C70H44. The maximum absolute atomic E-state index is 2.50. The van der Waals surface area contributed by atoms with E-state index in [4.69, 9.17) is 0 Å². The molecule has 0 bridgehead atoms. The average Bonchev–Trinajstić information content (AvgIpc) is 3.44. The van der Waals surface area contributed by atoms with Crippen LogP contribution in [0.25, 0.3) is 142 Å². The summed E-state index contributed by atoms with van der Waals surface area (Å²) in [7, 11) is 0. The summed E-state index contributed by atoms with van der Waals surface area (Å²) in [5, 5.41) is 17.5. The zero-order valence-electron chi connectivity index (χ0n) is 38.4. The van der Waals surface area contributed by atoms with Crippen molar-refractivity contribution in [1.29, 1.82) is 0 Å². The molecule has 14 rings (SSSR count). The van der Waals surface area contributed by atoms with Gasteiger partial charge < -0.3 is 0 Å². The van der Waals surface area contributed by atoms with Crippen LogP contribution < -0.4 is 0 Å². The first-order chi connectivity index (χ1) is 34.8. The molecule has 14 aromatic carbocycles. The van der Waals surface area contributed by atoms with Gasteiger partial charge in [-0.25, -0.2) is 0 Å². The van der Waals surface area contributed by atoms with E-state index in [0.717, 1.165) is 0 Å². The molecule has 0 aromatic heterocycles. The van der Waals surface area contributed by atoms with E-state index in [1.165, 1.54) is 142 Å². The predicted octanol–water partition coefficient (Wildman–Crippen LogP) is 19.8. The summed E-state index contributed by atoms with van der Waals surface area (Å²) in [6, 6.07) is 98.9. The molecule has 0 saturated heterocycles. The molecule has 0 N–H and O–H groups in total. The fraction of sp³-hybridized carbons (Fsp3) is 0. The first-order valence-electron chi connectivity index (χ1n) is 24.3. The third-order valence-electron chi connectivity index (χ3n) is 14.8. The number of rotatable bonds is 6. The van der Waals surface area contributed by atoms with Gasteiger partial charge in [0.25, 0.3) is 0 Å². The Hall–Kier alpha value is -9.10. The van der Waals surface area contributed by atoms with E-state index in [9.17, 15) is 0 Å². The molecule has 0 fully saturated rings. The van der Waals surface area contributed by atoms with Gasteiger partial charge in [-0.3, -0.25) is 0 Å². The lowest BCUT2D eigenvalue weighted by Gasteiger charge is -2.22. The van der Waals surface area contributed by atoms with E-state index < -0.39 is 0 Å². The quantitative estimate of drug-likeness (QED) is 0.115. The molecule has 0 atom stereocenters. The van der Waals surface area contributed by atoms with E-state index in [1.807, 2.05) is 0 Å². The normalized spacial score (nSPS) is 11.7. The van der Waals surface area contributed by atoms with Gasteiger partial charge in [0.1, 0.15) is 0 Å². The lowest BCUT2D eigenvalue weighted by Crippen LogP contribution is -1.94. The maximum Gasteiger partial charge on any atom is -0.00199 e. The molecule has 0 heteroatoms. The van der Waals surface area contributed by atoms with Crippen LogP contribution in [-0.4, -0.2) is 0 Å². The number of hydrogen-bond acceptors (Lipinski definition) is 0. The monoisotopic (exact) mass is 884 g/mol. The van der Waals surface area contributed by atoms with Crippen molar-refractivity contribution in [3.05, 3.63) is 267 Å². The van der Waals surface area contributed by atoms with Gasteiger partial charge in [-0.15, -0.1) is 0 Å². The predicted molar refractivity (Wildman–Crippen MR) is 302 cm³/mol. The third-order valence-corrected chi connectivity index (χ3v) is 14.8. The van der Waals surface area contributed by atoms with Crippen LogP contribution in [-0.2, 0) is 0 Å². The molecule has 0 aliphatic heterocycles. The highest BCUT2D eigenvalue weighted by Crippen LogP contribution is 2.51. The van der Waals surface area contributed by atoms with Crippen LogP contribution >= 0.6 is 0 Å². The summed E-state index contributed by atoms with van der Waals surface area (Å²) in [6.45, 7) is 0. The van der Waals surface area contributed by atoms with Gasteiger partial charge >= 0.3 is 0 Å². The smallest absolute Gasteiger partial charge is 0.00199 e. The molecule has 0 heterocycles. The standard InChI is InChI=1S/C70H44/c1-3-20-45(21-4-1)46-38-40-47(41-39-46)49-24-19-25-50(42-49)67-58-32-13-17-36-62(58)70(63-37-18-14-33-59(63)67)65-44-51-43-64(52-26-7-9-28-54(52)68(51)55-29-10-8-27-53(55)65)69-60-34-15-11-30-56(60)66(48-22-5-2-6-23-48)57-31-12-16-35-61(57)69/h1-44H. The van der Waals surface area contributed by atoms with E-state index in [2.05, 4.69) is 267 Å². The lowest BCUT2D eigenvalue weighted by atomic mass is 9.81. The van der Waals surface area contributed by atoms with Crippen molar-refractivity contribution < 1.29 is 0 Å². The fourth-order valence-electron chi connectivity index (χ4n) is 11.8. The molecule has 70 heavy (non-hydrogen) atoms. The van der Waals surface area contributed by atoms with E-state index in [0.29, 0.717) is 0 Å². The highest BCUT2D eigenvalue weighted by Gasteiger charge is 2.23. The Bertz CT molecular complexity index is 4260. The molecule has 0 spiro atoms. The fourth-order valence-corrected chi connectivity index (χ4v) is 11.8. The number of fused-ring (bicyclic) bond motifs is 9. The topological polar surface area (TPSA) is 0 Å². The largest absolute Gasteiger partial charge is 0.0622 e. The molecular weight excluding hydrogens is 841 g/mol. The second-order valence-electron chi connectivity index (χ2n) is 18.6. The summed E-state index contributed by atoms with van der Waals surface area (Å²) in [5.41, 5.74) is 14.8. The van der Waals surface area contributed by atoms with E-state index >= 15 is 0 Å². The van der Waals surface area contributed by atoms with Gasteiger partial charge in [0.05, 0.1) is 0 Å². The highest BCUT2D eigenvalue weighted by molar-refractivity contribution is 6.32. The molecule has 0 saturated carbocycles. The van der Waals surface area contributed by atoms with Crippen LogP contribution in [0.2, 0.25) is 0 Å². The van der Waals surface area contributed by atoms with Crippen LogP contribution in [0.3, 0.4) is 0 Å². The Labute approximate surface area is 407 Å². The Morgan fingerprint density at radius 2 is 0.443 bits per heavy atom. The van der Waals surface area contributed by atoms with Crippen molar-refractivity contribution in [2.75, 3.05) is 0 Å². The minimum absolute atomic E-state index is 1.20. The minimum Gasteiger partial charge on any atom is -0.0622 e. The molecule has 0 amide bonds. The van der Waals surface area contributed by atoms with Crippen LogP contribution in [0.5, 0.6) is 0 Å². The molecule has 14 aromatic rings. The molecule has 0 unspecified atom stereocenters. The van der Waals surface area contributed by atoms with Crippen molar-refractivity contribution in [2.24, 2.45) is 0 Å². The number of benzene rings is 14. The summed E-state index contributed by atoms with van der Waals surface area (Å²) in [4.78, 5) is 0. The Morgan fingerprint density at radius 1 is 0.157 bits per heavy atom. The van der Waals surface area contributed by atoms with E-state index in [-0.39, 0.29) is 0 Å². The van der Waals surface area contributed by atoms with Crippen molar-refractivity contribution >= 4 is 75.4 Å². The van der Waals surface area contributed by atoms with Crippen molar-refractivity contribution in [1.82, 2.24) is 0 Å². The summed E-state index contributed by atoms with van der Waals surface area (Å²) < 4.78 is 0. The second-order valence-corrected chi connectivity index (χ2v) is 18.6. The lowest BCUT2D eigenvalue weighted by molar-refractivity contribution is 1.59. The van der Waals surface area contributed by atoms with Crippen LogP contribution in [0, 0.1) is 0 Å². The van der Waals surface area contributed by atoms with Gasteiger partial charge in [-0.2, -0.15) is 0 Å². The summed E-state index contributed by atoms with van der Waals surface area (Å²) in [5.74, 6) is 0. The minimum atomic E-state index is 1.20. The van der Waals surface area contributed by atoms with Crippen molar-refractivity contribution in [2.45, 2.75) is 0 Å². The SMILES string of the molecule is c1ccc(-c2ccc(-c3cccc(-c4c5ccccc5c(-c5cc6cc(-c7c8ccccc8c(-c8ccccc8)c8ccccc78)c7ccccc7c6c6ccccc56)c5ccccc45)c3)cc2)cc1. The Morgan fingerprint density at radius 3 is 0.871 bits per heavy atom. The van der Waals surface area contributed by atoms with Crippen molar-refractivity contribution in [3.8, 4) is 66.8 Å². The zero-order valence-corrected chi connectivity index (χ0v) is 38.4. The van der Waals surface area contributed by atoms with Crippen LogP contribution in [0.4, 0.5) is 0 Å². The molecule has 0 nitrogen and oxygen atoms in total. The summed E-state index contributed by atoms with van der Waals surface area (Å²) >= 11 is 0. The molecule has 0 aliphatic carbocycles. The second kappa shape index (κ2) is 16.3.